The van der Waals surface area contributed by atoms with Crippen molar-refractivity contribution in [2.75, 3.05) is 19.6 Å². The molecule has 0 saturated carbocycles. The molecule has 1 saturated heterocycles. The zero-order valence-corrected chi connectivity index (χ0v) is 15.8. The Morgan fingerprint density at radius 2 is 2.16 bits per heavy atom. The number of fused-ring (bicyclic) bond motifs is 1. The Bertz CT molecular complexity index is 697. The first-order valence-corrected chi connectivity index (χ1v) is 8.04. The third-order valence-electron chi connectivity index (χ3n) is 4.02. The van der Waals surface area contributed by atoms with Gasteiger partial charge >= 0.3 is 6.03 Å². The molecule has 3 rings (SSSR count). The summed E-state index contributed by atoms with van der Waals surface area (Å²) in [4.78, 5) is 19.4. The molecule has 0 spiro atoms. The molecule has 10 heteroatoms. The van der Waals surface area contributed by atoms with E-state index in [1.807, 2.05) is 6.07 Å². The van der Waals surface area contributed by atoms with Crippen LogP contribution in [-0.2, 0) is 6.54 Å². The Balaban J connectivity index is 0.00000156. The van der Waals surface area contributed by atoms with Gasteiger partial charge in [0.2, 0.25) is 0 Å². The number of hydrogen-bond donors (Lipinski definition) is 5. The molecule has 0 bridgehead atoms. The lowest BCUT2D eigenvalue weighted by Gasteiger charge is -2.28. The molecule has 0 radical (unpaired) electrons. The van der Waals surface area contributed by atoms with Gasteiger partial charge in [0.1, 0.15) is 5.82 Å². The number of halogens is 3. The lowest BCUT2D eigenvalue weighted by atomic mass is 9.95. The van der Waals surface area contributed by atoms with Crippen molar-refractivity contribution in [3.63, 3.8) is 0 Å². The van der Waals surface area contributed by atoms with Crippen molar-refractivity contribution >= 4 is 53.5 Å². The lowest BCUT2D eigenvalue weighted by molar-refractivity contribution is 0.0827. The van der Waals surface area contributed by atoms with Crippen molar-refractivity contribution < 1.29 is 9.90 Å². The third kappa shape index (κ3) is 5.90. The van der Waals surface area contributed by atoms with Gasteiger partial charge in [-0.05, 0) is 31.2 Å². The number of hydrogen-bond acceptors (Lipinski definition) is 4. The number of H-pyrrole nitrogens is 1. The summed E-state index contributed by atoms with van der Waals surface area (Å²) in [6, 6.07) is 5.13. The normalized spacial score (nSPS) is 19.6. The molecular weight excluding hydrogens is 389 g/mol. The molecule has 1 aliphatic heterocycles. The number of carbonyl (C=O) groups is 1. The quantitative estimate of drug-likeness (QED) is 0.530. The number of carbonyl (C=O) groups excluding carboxylic acids is 1. The molecule has 5 N–H and O–H groups in total. The molecule has 2 atom stereocenters. The largest absolute Gasteiger partial charge is 0.391 e. The zero-order valence-electron chi connectivity index (χ0n) is 13.4. The van der Waals surface area contributed by atoms with Crippen LogP contribution in [0.5, 0.6) is 0 Å². The number of urea groups is 1. The third-order valence-corrected chi connectivity index (χ3v) is 4.26. The van der Waals surface area contributed by atoms with Gasteiger partial charge in [0.15, 0.2) is 0 Å². The number of rotatable bonds is 4. The maximum Gasteiger partial charge on any atom is 0.315 e. The molecule has 1 aromatic heterocycles. The standard InChI is InChI=1S/C15H20ClN5O2.2ClH/c16-10-1-2-11-12(5-10)21-14(20-11)8-19-15(23)18-6-9-3-4-17-7-13(9)22;;/h1-2,5,9,13,17,22H,3-4,6-8H2,(H,20,21)(H2,18,19,23);2*1H/t9-,13+;;/m0../s1. The van der Waals surface area contributed by atoms with Crippen LogP contribution >= 0.6 is 36.4 Å². The second kappa shape index (κ2) is 10.0. The fraction of sp³-hybridized carbons (Fsp3) is 0.467. The van der Waals surface area contributed by atoms with E-state index in [-0.39, 0.29) is 36.8 Å². The van der Waals surface area contributed by atoms with E-state index < -0.39 is 6.10 Å². The van der Waals surface area contributed by atoms with Gasteiger partial charge in [0.05, 0.1) is 23.7 Å². The average Bonchev–Trinajstić information content (AvgIpc) is 2.94. The van der Waals surface area contributed by atoms with Crippen LogP contribution in [0.2, 0.25) is 5.02 Å². The van der Waals surface area contributed by atoms with E-state index in [1.165, 1.54) is 0 Å². The Morgan fingerprint density at radius 1 is 1.36 bits per heavy atom. The molecule has 2 amide bonds. The van der Waals surface area contributed by atoms with E-state index in [0.717, 1.165) is 24.0 Å². The van der Waals surface area contributed by atoms with E-state index in [1.54, 1.807) is 12.1 Å². The number of aliphatic hydroxyl groups excluding tert-OH is 1. The maximum absolute atomic E-state index is 11.9. The van der Waals surface area contributed by atoms with Gasteiger partial charge in [-0.25, -0.2) is 9.78 Å². The van der Waals surface area contributed by atoms with E-state index in [9.17, 15) is 9.90 Å². The number of amides is 2. The van der Waals surface area contributed by atoms with Crippen molar-refractivity contribution in [3.05, 3.63) is 29.0 Å². The molecule has 2 aromatic rings. The highest BCUT2D eigenvalue weighted by Crippen LogP contribution is 2.17. The maximum atomic E-state index is 11.9. The highest BCUT2D eigenvalue weighted by atomic mass is 35.5. The minimum absolute atomic E-state index is 0. The smallest absolute Gasteiger partial charge is 0.315 e. The molecule has 140 valence electrons. The predicted molar refractivity (Wildman–Crippen MR) is 103 cm³/mol. The number of benzene rings is 1. The second-order valence-corrected chi connectivity index (χ2v) is 6.17. The molecule has 2 heterocycles. The van der Waals surface area contributed by atoms with Crippen LogP contribution in [0.25, 0.3) is 11.0 Å². The van der Waals surface area contributed by atoms with E-state index in [0.29, 0.717) is 30.5 Å². The summed E-state index contributed by atoms with van der Waals surface area (Å²) in [5, 5.41) is 19.1. The van der Waals surface area contributed by atoms with Gasteiger partial charge in [-0.1, -0.05) is 11.6 Å². The Kier molecular flexibility index (Phi) is 8.75. The summed E-state index contributed by atoms with van der Waals surface area (Å²) in [6.45, 7) is 2.21. The lowest BCUT2D eigenvalue weighted by Crippen LogP contribution is -2.47. The van der Waals surface area contributed by atoms with E-state index in [4.69, 9.17) is 11.6 Å². The van der Waals surface area contributed by atoms with Crippen molar-refractivity contribution in [2.45, 2.75) is 19.1 Å². The van der Waals surface area contributed by atoms with Crippen LogP contribution in [-0.4, -0.2) is 46.8 Å². The van der Waals surface area contributed by atoms with Crippen LogP contribution in [0.3, 0.4) is 0 Å². The van der Waals surface area contributed by atoms with Gasteiger partial charge in [0.25, 0.3) is 0 Å². The minimum Gasteiger partial charge on any atom is -0.391 e. The Hall–Kier alpha value is -1.25. The van der Waals surface area contributed by atoms with Gasteiger partial charge < -0.3 is 26.0 Å². The Labute approximate surface area is 163 Å². The topological polar surface area (TPSA) is 102 Å². The molecule has 1 fully saturated rings. The van der Waals surface area contributed by atoms with Crippen molar-refractivity contribution in [1.29, 1.82) is 0 Å². The van der Waals surface area contributed by atoms with Crippen molar-refractivity contribution in [3.8, 4) is 0 Å². The van der Waals surface area contributed by atoms with E-state index >= 15 is 0 Å². The summed E-state index contributed by atoms with van der Waals surface area (Å²) in [6.07, 6.45) is 0.440. The first-order valence-electron chi connectivity index (χ1n) is 7.66. The molecule has 0 aliphatic carbocycles. The highest BCUT2D eigenvalue weighted by Gasteiger charge is 2.22. The average molecular weight is 411 g/mol. The van der Waals surface area contributed by atoms with Crippen molar-refractivity contribution in [2.24, 2.45) is 5.92 Å². The first kappa shape index (κ1) is 21.8. The van der Waals surface area contributed by atoms with Gasteiger partial charge in [-0.15, -0.1) is 24.8 Å². The van der Waals surface area contributed by atoms with Gasteiger partial charge in [-0.3, -0.25) is 0 Å². The van der Waals surface area contributed by atoms with Crippen LogP contribution in [0.4, 0.5) is 4.79 Å². The number of aromatic amines is 1. The van der Waals surface area contributed by atoms with Crippen LogP contribution in [0, 0.1) is 5.92 Å². The number of piperidine rings is 1. The van der Waals surface area contributed by atoms with Crippen LogP contribution in [0.15, 0.2) is 18.2 Å². The molecule has 0 unspecified atom stereocenters. The number of nitrogens with zero attached hydrogens (tertiary/aromatic N) is 1. The number of nitrogens with one attached hydrogen (secondary N) is 4. The molecular formula is C15H22Cl3N5O2. The molecule has 1 aliphatic rings. The molecule has 1 aromatic carbocycles. The van der Waals surface area contributed by atoms with Crippen molar-refractivity contribution in [1.82, 2.24) is 25.9 Å². The highest BCUT2D eigenvalue weighted by molar-refractivity contribution is 6.31. The monoisotopic (exact) mass is 409 g/mol. The number of aromatic nitrogens is 2. The first-order chi connectivity index (χ1) is 11.1. The molecule has 25 heavy (non-hydrogen) atoms. The number of aliphatic hydroxyl groups is 1. The summed E-state index contributed by atoms with van der Waals surface area (Å²) >= 11 is 5.93. The Morgan fingerprint density at radius 3 is 2.92 bits per heavy atom. The SMILES string of the molecule is Cl.Cl.O=C(NCc1nc2ccc(Cl)cc2[nH]1)NC[C@@H]1CCNC[C@H]1O. The zero-order chi connectivity index (χ0) is 16.2. The van der Waals surface area contributed by atoms with Gasteiger partial charge in [0, 0.05) is 24.0 Å². The van der Waals surface area contributed by atoms with E-state index in [2.05, 4.69) is 25.9 Å². The summed E-state index contributed by atoms with van der Waals surface area (Å²) in [5.74, 6) is 0.759. The summed E-state index contributed by atoms with van der Waals surface area (Å²) < 4.78 is 0. The second-order valence-electron chi connectivity index (χ2n) is 5.73. The fourth-order valence-corrected chi connectivity index (χ4v) is 2.88. The van der Waals surface area contributed by atoms with Crippen LogP contribution < -0.4 is 16.0 Å². The molecule has 7 nitrogen and oxygen atoms in total. The van der Waals surface area contributed by atoms with Crippen LogP contribution in [0.1, 0.15) is 12.2 Å². The fourth-order valence-electron chi connectivity index (χ4n) is 2.70. The minimum atomic E-state index is -0.413. The summed E-state index contributed by atoms with van der Waals surface area (Å²) in [5.41, 5.74) is 1.65. The predicted octanol–water partition coefficient (Wildman–Crippen LogP) is 1.83. The number of imidazole rings is 1. The summed E-state index contributed by atoms with van der Waals surface area (Å²) in [7, 11) is 0. The van der Waals surface area contributed by atoms with Gasteiger partial charge in [-0.2, -0.15) is 0 Å². The number of β-amino-alcohol motifs (C(OH)–C–C–N with tert-alkyl or cyclic N) is 1.